The molecule has 1 aromatic rings. The molecule has 2 atom stereocenters. The predicted molar refractivity (Wildman–Crippen MR) is 111 cm³/mol. The molecule has 0 bridgehead atoms. The van der Waals surface area contributed by atoms with Crippen LogP contribution in [0.15, 0.2) is 24.3 Å². The van der Waals surface area contributed by atoms with Gasteiger partial charge in [0.1, 0.15) is 5.60 Å². The zero-order valence-corrected chi connectivity index (χ0v) is 19.3. The molecule has 6 heteroatoms. The quantitative estimate of drug-likeness (QED) is 0.589. The van der Waals surface area contributed by atoms with E-state index in [0.717, 1.165) is 5.56 Å². The molecule has 4 nitrogen and oxygen atoms in total. The molecule has 1 aromatic carbocycles. The first-order chi connectivity index (χ1) is 11.6. The summed E-state index contributed by atoms with van der Waals surface area (Å²) in [4.78, 5) is 12.2. The first kappa shape index (κ1) is 23.0. The molecule has 0 saturated heterocycles. The third kappa shape index (κ3) is 6.93. The lowest BCUT2D eigenvalue weighted by atomic mass is 10.0. The number of carbonyl (C=O) groups excluding carboxylic acids is 1. The van der Waals surface area contributed by atoms with Gasteiger partial charge in [0.2, 0.25) is 0 Å². The lowest BCUT2D eigenvalue weighted by Gasteiger charge is -2.41. The van der Waals surface area contributed by atoms with Crippen molar-refractivity contribution in [2.75, 3.05) is 0 Å². The summed E-state index contributed by atoms with van der Waals surface area (Å²) in [5.41, 5.74) is 0.447. The van der Waals surface area contributed by atoms with Crippen molar-refractivity contribution in [2.24, 2.45) is 0 Å². The lowest BCUT2D eigenvalue weighted by molar-refractivity contribution is 0.0445. The summed E-state index contributed by atoms with van der Waals surface area (Å²) >= 11 is 6.04. The Bertz CT molecular complexity index is 603. The van der Waals surface area contributed by atoms with Gasteiger partial charge in [-0.15, -0.1) is 0 Å². The molecule has 0 heterocycles. The van der Waals surface area contributed by atoms with Gasteiger partial charge in [0.15, 0.2) is 8.32 Å². The summed E-state index contributed by atoms with van der Waals surface area (Å²) in [5, 5.41) is 3.66. The Morgan fingerprint density at radius 2 is 1.58 bits per heavy atom. The van der Waals surface area contributed by atoms with Gasteiger partial charge < -0.3 is 14.5 Å². The highest BCUT2D eigenvalue weighted by Crippen LogP contribution is 2.40. The molecule has 26 heavy (non-hydrogen) atoms. The van der Waals surface area contributed by atoms with E-state index in [1.54, 1.807) is 0 Å². The maximum Gasteiger partial charge on any atom is 0.407 e. The number of hydrogen-bond acceptors (Lipinski definition) is 3. The number of ether oxygens (including phenoxy) is 1. The number of benzene rings is 1. The van der Waals surface area contributed by atoms with E-state index in [4.69, 9.17) is 20.8 Å². The van der Waals surface area contributed by atoms with Gasteiger partial charge in [-0.2, -0.15) is 0 Å². The summed E-state index contributed by atoms with van der Waals surface area (Å²) in [5.74, 6) is 0. The summed E-state index contributed by atoms with van der Waals surface area (Å²) < 4.78 is 12.0. The number of halogens is 1. The second-order valence-corrected chi connectivity index (χ2v) is 14.5. The van der Waals surface area contributed by atoms with E-state index in [0.29, 0.717) is 5.02 Å². The monoisotopic (exact) mass is 399 g/mol. The van der Waals surface area contributed by atoms with E-state index < -0.39 is 20.0 Å². The third-order valence-corrected chi connectivity index (χ3v) is 9.33. The fraction of sp³-hybridized carbons (Fsp3) is 0.650. The van der Waals surface area contributed by atoms with Crippen LogP contribution in [0.5, 0.6) is 0 Å². The number of alkyl carbamates (subject to hydrolysis) is 1. The van der Waals surface area contributed by atoms with E-state index in [2.05, 4.69) is 39.2 Å². The molecule has 148 valence electrons. The van der Waals surface area contributed by atoms with Crippen LogP contribution in [0.4, 0.5) is 4.79 Å². The SMILES string of the molecule is C[C@@H](NC(=O)OC(C)(C)C)[C@@H](O[Si](C)(C)C(C)(C)C)c1ccc(Cl)cc1. The molecular formula is C20H34ClNO3Si. The molecule has 0 spiro atoms. The minimum atomic E-state index is -2.05. The average Bonchev–Trinajstić information content (AvgIpc) is 2.42. The molecule has 0 aliphatic heterocycles. The predicted octanol–water partition coefficient (Wildman–Crippen LogP) is 6.32. The normalized spacial score (nSPS) is 15.3. The Morgan fingerprint density at radius 3 is 2.00 bits per heavy atom. The van der Waals surface area contributed by atoms with Crippen molar-refractivity contribution in [3.63, 3.8) is 0 Å². The number of carbonyl (C=O) groups is 1. The lowest BCUT2D eigenvalue weighted by Crippen LogP contribution is -2.47. The molecule has 1 N–H and O–H groups in total. The molecule has 0 aliphatic carbocycles. The van der Waals surface area contributed by atoms with Gasteiger partial charge in [-0.05, 0) is 63.5 Å². The fourth-order valence-electron chi connectivity index (χ4n) is 2.17. The Balaban J connectivity index is 3.08. The average molecular weight is 400 g/mol. The van der Waals surface area contributed by atoms with E-state index in [-0.39, 0.29) is 17.2 Å². The Hall–Kier alpha value is -1.04. The zero-order chi connectivity index (χ0) is 20.3. The second-order valence-electron chi connectivity index (χ2n) is 9.29. The smallest absolute Gasteiger partial charge is 0.407 e. The topological polar surface area (TPSA) is 47.6 Å². The van der Waals surface area contributed by atoms with Crippen LogP contribution in [0, 0.1) is 0 Å². The molecule has 1 amide bonds. The van der Waals surface area contributed by atoms with Gasteiger partial charge in [-0.25, -0.2) is 4.79 Å². The van der Waals surface area contributed by atoms with Gasteiger partial charge in [0, 0.05) is 5.02 Å². The van der Waals surface area contributed by atoms with Crippen molar-refractivity contribution in [2.45, 2.75) is 84.3 Å². The molecule has 0 radical (unpaired) electrons. The van der Waals surface area contributed by atoms with Crippen LogP contribution in [0.25, 0.3) is 0 Å². The van der Waals surface area contributed by atoms with Crippen LogP contribution in [-0.4, -0.2) is 26.1 Å². The number of rotatable bonds is 5. The zero-order valence-electron chi connectivity index (χ0n) is 17.6. The van der Waals surface area contributed by atoms with Gasteiger partial charge in [-0.3, -0.25) is 0 Å². The van der Waals surface area contributed by atoms with Crippen LogP contribution in [0.3, 0.4) is 0 Å². The first-order valence-electron chi connectivity index (χ1n) is 9.05. The molecule has 0 aromatic heterocycles. The third-order valence-electron chi connectivity index (χ3n) is 4.62. The maximum atomic E-state index is 12.2. The largest absolute Gasteiger partial charge is 0.444 e. The van der Waals surface area contributed by atoms with Crippen molar-refractivity contribution in [3.8, 4) is 0 Å². The number of nitrogens with one attached hydrogen (secondary N) is 1. The number of amides is 1. The minimum Gasteiger partial charge on any atom is -0.444 e. The standard InChI is InChI=1S/C20H34ClNO3Si/c1-14(22-18(23)24-19(2,3)4)17(15-10-12-16(21)13-11-15)25-26(8,9)20(5,6)7/h10-14,17H,1-9H3,(H,22,23)/t14-,17-/m1/s1. The van der Waals surface area contributed by atoms with E-state index in [1.165, 1.54) is 0 Å². The Kier molecular flexibility index (Phi) is 7.36. The summed E-state index contributed by atoms with van der Waals surface area (Å²) in [6, 6.07) is 7.35. The van der Waals surface area contributed by atoms with Crippen LogP contribution < -0.4 is 5.32 Å². The molecule has 1 rings (SSSR count). The molecular weight excluding hydrogens is 366 g/mol. The molecule has 0 saturated carbocycles. The minimum absolute atomic E-state index is 0.0588. The van der Waals surface area contributed by atoms with E-state index in [1.807, 2.05) is 52.0 Å². The van der Waals surface area contributed by atoms with Crippen molar-refractivity contribution in [1.29, 1.82) is 0 Å². The van der Waals surface area contributed by atoms with Gasteiger partial charge >= 0.3 is 6.09 Å². The van der Waals surface area contributed by atoms with Gasteiger partial charge in [0.05, 0.1) is 12.1 Å². The van der Waals surface area contributed by atoms with Crippen molar-refractivity contribution in [3.05, 3.63) is 34.9 Å². The van der Waals surface area contributed by atoms with E-state index in [9.17, 15) is 4.79 Å². The highest BCUT2D eigenvalue weighted by Gasteiger charge is 2.41. The summed E-state index contributed by atoms with van der Waals surface area (Å²) in [6.45, 7) is 18.5. The summed E-state index contributed by atoms with van der Waals surface area (Å²) in [7, 11) is -2.05. The van der Waals surface area contributed by atoms with Gasteiger partial charge in [-0.1, -0.05) is 44.5 Å². The van der Waals surface area contributed by atoms with Gasteiger partial charge in [0.25, 0.3) is 0 Å². The summed E-state index contributed by atoms with van der Waals surface area (Å²) in [6.07, 6.45) is -0.719. The van der Waals surface area contributed by atoms with Crippen LogP contribution in [0.1, 0.15) is 60.1 Å². The Morgan fingerprint density at radius 1 is 1.08 bits per heavy atom. The first-order valence-corrected chi connectivity index (χ1v) is 12.3. The van der Waals surface area contributed by atoms with Crippen LogP contribution in [0.2, 0.25) is 23.2 Å². The highest BCUT2D eigenvalue weighted by atomic mass is 35.5. The highest BCUT2D eigenvalue weighted by molar-refractivity contribution is 6.74. The van der Waals surface area contributed by atoms with Crippen molar-refractivity contribution >= 4 is 26.0 Å². The number of hydrogen-bond donors (Lipinski definition) is 1. The second kappa shape index (κ2) is 8.32. The molecule has 0 unspecified atom stereocenters. The fourth-order valence-corrected chi connectivity index (χ4v) is 3.63. The van der Waals surface area contributed by atoms with Crippen molar-refractivity contribution < 1.29 is 14.0 Å². The Labute approximate surface area is 164 Å². The molecule has 0 aliphatic rings. The van der Waals surface area contributed by atoms with Crippen LogP contribution >= 0.6 is 11.6 Å². The van der Waals surface area contributed by atoms with E-state index >= 15 is 0 Å². The van der Waals surface area contributed by atoms with Crippen molar-refractivity contribution in [1.82, 2.24) is 5.32 Å². The molecule has 0 fully saturated rings. The van der Waals surface area contributed by atoms with Crippen LogP contribution in [-0.2, 0) is 9.16 Å². The maximum absolute atomic E-state index is 12.2.